The van der Waals surface area contributed by atoms with E-state index in [1.54, 1.807) is 0 Å². The number of aliphatic hydroxyl groups excluding tert-OH is 1. The third-order valence-corrected chi connectivity index (χ3v) is 6.72. The van der Waals surface area contributed by atoms with Crippen LogP contribution >= 0.6 is 0 Å². The molecule has 23 heavy (non-hydrogen) atoms. The quantitative estimate of drug-likeness (QED) is 0.806. The molecule has 1 N–H and O–H groups in total. The van der Waals surface area contributed by atoms with Gasteiger partial charge in [-0.3, -0.25) is 0 Å². The Bertz CT molecular complexity index is 337. The van der Waals surface area contributed by atoms with E-state index in [0.717, 1.165) is 32.4 Å². The van der Waals surface area contributed by atoms with E-state index in [1.165, 1.54) is 58.0 Å². The van der Waals surface area contributed by atoms with Crippen LogP contribution in [0.5, 0.6) is 0 Å². The van der Waals surface area contributed by atoms with Crippen molar-refractivity contribution in [2.45, 2.75) is 83.3 Å². The van der Waals surface area contributed by atoms with Crippen molar-refractivity contribution >= 4 is 0 Å². The Hall–Kier alpha value is -0.120. The molecule has 0 bridgehead atoms. The van der Waals surface area contributed by atoms with Crippen LogP contribution in [0.3, 0.4) is 0 Å². The lowest BCUT2D eigenvalue weighted by molar-refractivity contribution is -0.0522. The van der Waals surface area contributed by atoms with E-state index in [4.69, 9.17) is 4.74 Å². The minimum absolute atomic E-state index is 0.0594. The van der Waals surface area contributed by atoms with Gasteiger partial charge in [-0.05, 0) is 75.8 Å². The number of ether oxygens (including phenoxy) is 1. The van der Waals surface area contributed by atoms with E-state index >= 15 is 0 Å². The smallest absolute Gasteiger partial charge is 0.0599 e. The number of aliphatic hydroxyl groups is 1. The van der Waals surface area contributed by atoms with E-state index in [2.05, 4.69) is 11.8 Å². The second-order valence-electron chi connectivity index (χ2n) is 8.38. The molecule has 3 aliphatic rings. The molecule has 0 aromatic rings. The van der Waals surface area contributed by atoms with Gasteiger partial charge in [0.05, 0.1) is 18.8 Å². The summed E-state index contributed by atoms with van der Waals surface area (Å²) in [5, 5.41) is 10.8. The maximum absolute atomic E-state index is 10.8. The normalized spacial score (nSPS) is 35.5. The molecule has 1 saturated heterocycles. The minimum atomic E-state index is -0.0594. The van der Waals surface area contributed by atoms with Gasteiger partial charge in [0.1, 0.15) is 0 Å². The summed E-state index contributed by atoms with van der Waals surface area (Å²) in [6.45, 7) is 6.87. The number of nitrogens with zero attached hydrogens (tertiary/aromatic N) is 1. The SMILES string of the molecule is CC1CC(OCCN2CCCC2)CCC1C(O)C1CCCCC1. The third kappa shape index (κ3) is 4.93. The highest BCUT2D eigenvalue weighted by atomic mass is 16.5. The summed E-state index contributed by atoms with van der Waals surface area (Å²) in [6, 6.07) is 0. The van der Waals surface area contributed by atoms with Crippen molar-refractivity contribution in [3.63, 3.8) is 0 Å². The molecule has 0 aromatic carbocycles. The second kappa shape index (κ2) is 8.82. The van der Waals surface area contributed by atoms with E-state index < -0.39 is 0 Å². The Balaban J connectivity index is 1.38. The van der Waals surface area contributed by atoms with Crippen LogP contribution in [0.15, 0.2) is 0 Å². The van der Waals surface area contributed by atoms with Crippen LogP contribution in [0.25, 0.3) is 0 Å². The number of hydrogen-bond acceptors (Lipinski definition) is 3. The fourth-order valence-corrected chi connectivity index (χ4v) is 5.21. The van der Waals surface area contributed by atoms with Crippen molar-refractivity contribution in [1.82, 2.24) is 4.90 Å². The van der Waals surface area contributed by atoms with Crippen molar-refractivity contribution in [3.05, 3.63) is 0 Å². The van der Waals surface area contributed by atoms with Crippen molar-refractivity contribution in [1.29, 1.82) is 0 Å². The highest BCUT2D eigenvalue weighted by molar-refractivity contribution is 4.87. The zero-order valence-corrected chi connectivity index (χ0v) is 15.1. The van der Waals surface area contributed by atoms with Crippen molar-refractivity contribution < 1.29 is 9.84 Å². The molecule has 2 saturated carbocycles. The van der Waals surface area contributed by atoms with Crippen LogP contribution in [0.4, 0.5) is 0 Å². The van der Waals surface area contributed by atoms with Crippen LogP contribution in [0.2, 0.25) is 0 Å². The Kier molecular flexibility index (Phi) is 6.79. The monoisotopic (exact) mass is 323 g/mol. The highest BCUT2D eigenvalue weighted by Crippen LogP contribution is 2.39. The fourth-order valence-electron chi connectivity index (χ4n) is 5.21. The lowest BCUT2D eigenvalue weighted by Gasteiger charge is -2.40. The molecule has 3 heteroatoms. The van der Waals surface area contributed by atoms with E-state index in [9.17, 15) is 5.11 Å². The summed E-state index contributed by atoms with van der Waals surface area (Å²) < 4.78 is 6.17. The first-order valence-corrected chi connectivity index (χ1v) is 10.3. The summed E-state index contributed by atoms with van der Waals surface area (Å²) in [5.74, 6) is 1.69. The van der Waals surface area contributed by atoms with Gasteiger partial charge < -0.3 is 14.7 Å². The zero-order valence-electron chi connectivity index (χ0n) is 15.1. The van der Waals surface area contributed by atoms with Gasteiger partial charge in [0, 0.05) is 6.54 Å². The molecular weight excluding hydrogens is 286 g/mol. The molecule has 134 valence electrons. The molecule has 0 radical (unpaired) electrons. The highest BCUT2D eigenvalue weighted by Gasteiger charge is 2.36. The fraction of sp³-hybridized carbons (Fsp3) is 1.00. The van der Waals surface area contributed by atoms with Crippen LogP contribution < -0.4 is 0 Å². The van der Waals surface area contributed by atoms with Gasteiger partial charge in [0.2, 0.25) is 0 Å². The van der Waals surface area contributed by atoms with Crippen molar-refractivity contribution in [2.75, 3.05) is 26.2 Å². The average Bonchev–Trinajstić information content (AvgIpc) is 3.09. The van der Waals surface area contributed by atoms with Crippen molar-refractivity contribution in [3.8, 4) is 0 Å². The van der Waals surface area contributed by atoms with E-state index in [1.807, 2.05) is 0 Å². The van der Waals surface area contributed by atoms with Gasteiger partial charge in [-0.2, -0.15) is 0 Å². The van der Waals surface area contributed by atoms with Gasteiger partial charge in [0.25, 0.3) is 0 Å². The molecule has 0 amide bonds. The Labute approximate surface area is 142 Å². The summed E-state index contributed by atoms with van der Waals surface area (Å²) in [6.07, 6.45) is 13.1. The zero-order chi connectivity index (χ0) is 16.1. The molecule has 0 spiro atoms. The Morgan fingerprint density at radius 1 is 1.00 bits per heavy atom. The molecule has 1 aliphatic heterocycles. The van der Waals surface area contributed by atoms with Gasteiger partial charge in [-0.25, -0.2) is 0 Å². The molecule has 2 aliphatic carbocycles. The molecule has 3 nitrogen and oxygen atoms in total. The molecule has 3 fully saturated rings. The third-order valence-electron chi connectivity index (χ3n) is 6.72. The van der Waals surface area contributed by atoms with Gasteiger partial charge in [-0.15, -0.1) is 0 Å². The van der Waals surface area contributed by atoms with Gasteiger partial charge in [-0.1, -0.05) is 26.2 Å². The second-order valence-corrected chi connectivity index (χ2v) is 8.38. The molecule has 1 heterocycles. The Morgan fingerprint density at radius 3 is 2.43 bits per heavy atom. The van der Waals surface area contributed by atoms with Crippen LogP contribution in [0.1, 0.15) is 71.1 Å². The predicted octanol–water partition coefficient (Wildman–Crippen LogP) is 3.84. The topological polar surface area (TPSA) is 32.7 Å². The Morgan fingerprint density at radius 2 is 1.74 bits per heavy atom. The lowest BCUT2D eigenvalue weighted by atomic mass is 9.70. The average molecular weight is 324 g/mol. The summed E-state index contributed by atoms with van der Waals surface area (Å²) in [7, 11) is 0. The minimum Gasteiger partial charge on any atom is -0.393 e. The van der Waals surface area contributed by atoms with Crippen LogP contribution in [-0.2, 0) is 4.74 Å². The van der Waals surface area contributed by atoms with E-state index in [-0.39, 0.29) is 6.10 Å². The summed E-state index contributed by atoms with van der Waals surface area (Å²) in [4.78, 5) is 2.53. The maximum atomic E-state index is 10.8. The van der Waals surface area contributed by atoms with Gasteiger partial charge >= 0.3 is 0 Å². The van der Waals surface area contributed by atoms with Crippen LogP contribution in [0, 0.1) is 17.8 Å². The molecular formula is C20H37NO2. The number of likely N-dealkylation sites (tertiary alicyclic amines) is 1. The maximum Gasteiger partial charge on any atom is 0.0599 e. The van der Waals surface area contributed by atoms with Gasteiger partial charge in [0.15, 0.2) is 0 Å². The first kappa shape index (κ1) is 17.7. The summed E-state index contributed by atoms with van der Waals surface area (Å²) in [5.41, 5.74) is 0. The van der Waals surface area contributed by atoms with Crippen LogP contribution in [-0.4, -0.2) is 48.5 Å². The number of hydrogen-bond donors (Lipinski definition) is 1. The largest absolute Gasteiger partial charge is 0.393 e. The standard InChI is InChI=1S/C20H37NO2/c1-16-15-18(23-14-13-21-11-5-6-12-21)9-10-19(16)20(22)17-7-3-2-4-8-17/h16-20,22H,2-15H2,1H3. The molecule has 4 unspecified atom stereocenters. The molecule has 3 rings (SSSR count). The summed E-state index contributed by atoms with van der Waals surface area (Å²) >= 11 is 0. The van der Waals surface area contributed by atoms with E-state index in [0.29, 0.717) is 23.9 Å². The van der Waals surface area contributed by atoms with Crippen molar-refractivity contribution in [2.24, 2.45) is 17.8 Å². The first-order valence-electron chi connectivity index (χ1n) is 10.3. The lowest BCUT2D eigenvalue weighted by Crippen LogP contribution is -2.39. The predicted molar refractivity (Wildman–Crippen MR) is 94.5 cm³/mol. The molecule has 0 aromatic heterocycles. The number of rotatable bonds is 6. The molecule has 4 atom stereocenters. The first-order chi connectivity index (χ1) is 11.2.